The number of sulfonamides is 1. The van der Waals surface area contributed by atoms with Gasteiger partial charge in [0.1, 0.15) is 6.54 Å². The minimum absolute atomic E-state index is 0.0318. The van der Waals surface area contributed by atoms with Crippen molar-refractivity contribution in [3.8, 4) is 0 Å². The van der Waals surface area contributed by atoms with Gasteiger partial charge in [-0.1, -0.05) is 0 Å². The Bertz CT molecular complexity index is 757. The van der Waals surface area contributed by atoms with Crippen LogP contribution in [0.15, 0.2) is 29.2 Å². The highest BCUT2D eigenvalue weighted by Crippen LogP contribution is 2.11. The van der Waals surface area contributed by atoms with Gasteiger partial charge in [-0.15, -0.1) is 0 Å². The maximum atomic E-state index is 12.0. The van der Waals surface area contributed by atoms with Crippen molar-refractivity contribution in [1.29, 1.82) is 0 Å². The summed E-state index contributed by atoms with van der Waals surface area (Å²) in [4.78, 5) is 36.1. The Hall–Kier alpha value is -2.46. The van der Waals surface area contributed by atoms with Gasteiger partial charge >= 0.3 is 5.97 Å². The Morgan fingerprint density at radius 2 is 1.69 bits per heavy atom. The summed E-state index contributed by atoms with van der Waals surface area (Å²) in [6.07, 6.45) is 0. The molecule has 1 rings (SSSR count). The second-order valence-corrected chi connectivity index (χ2v) is 7.65. The maximum absolute atomic E-state index is 12.0. The number of esters is 1. The summed E-state index contributed by atoms with van der Waals surface area (Å²) in [5.74, 6) is -1.70. The van der Waals surface area contributed by atoms with Crippen LogP contribution in [-0.2, 0) is 24.3 Å². The van der Waals surface area contributed by atoms with Crippen LogP contribution in [0.4, 0.5) is 0 Å². The van der Waals surface area contributed by atoms with Gasteiger partial charge in [-0.25, -0.2) is 13.1 Å². The van der Waals surface area contributed by atoms with Crippen LogP contribution in [0.1, 0.15) is 24.2 Å². The molecule has 2 amide bonds. The predicted molar refractivity (Wildman–Crippen MR) is 93.9 cm³/mol. The molecular formula is C16H23N3O6S. The lowest BCUT2D eigenvalue weighted by Gasteiger charge is -2.11. The minimum atomic E-state index is -3.64. The first kappa shape index (κ1) is 21.6. The fraction of sp³-hybridized carbons (Fsp3) is 0.438. The van der Waals surface area contributed by atoms with Crippen LogP contribution in [0.3, 0.4) is 0 Å². The van der Waals surface area contributed by atoms with Gasteiger partial charge < -0.3 is 15.0 Å². The van der Waals surface area contributed by atoms with Gasteiger partial charge in [-0.2, -0.15) is 0 Å². The Morgan fingerprint density at radius 3 is 2.19 bits per heavy atom. The number of ether oxygens (including phenoxy) is 1. The van der Waals surface area contributed by atoms with Crippen LogP contribution in [0.25, 0.3) is 0 Å². The van der Waals surface area contributed by atoms with Crippen molar-refractivity contribution in [3.05, 3.63) is 29.8 Å². The molecule has 2 N–H and O–H groups in total. The molecule has 26 heavy (non-hydrogen) atoms. The van der Waals surface area contributed by atoms with E-state index in [1.165, 1.54) is 43.3 Å². The second kappa shape index (κ2) is 9.30. The number of nitrogens with one attached hydrogen (secondary N) is 2. The van der Waals surface area contributed by atoms with E-state index in [1.807, 2.05) is 0 Å². The van der Waals surface area contributed by atoms with Crippen molar-refractivity contribution >= 4 is 27.8 Å². The lowest BCUT2D eigenvalue weighted by atomic mass is 10.2. The molecule has 0 aliphatic carbocycles. The van der Waals surface area contributed by atoms with E-state index in [9.17, 15) is 22.8 Å². The number of carbonyl (C=O) groups is 3. The number of amides is 2. The molecule has 1 aromatic carbocycles. The summed E-state index contributed by atoms with van der Waals surface area (Å²) in [7, 11) is -0.589. The second-order valence-electron chi connectivity index (χ2n) is 5.93. The van der Waals surface area contributed by atoms with Crippen molar-refractivity contribution in [2.24, 2.45) is 0 Å². The Morgan fingerprint density at radius 1 is 1.12 bits per heavy atom. The average Bonchev–Trinajstić information content (AvgIpc) is 2.56. The third kappa shape index (κ3) is 6.81. The Labute approximate surface area is 152 Å². The van der Waals surface area contributed by atoms with E-state index in [4.69, 9.17) is 4.74 Å². The number of likely N-dealkylation sites (N-methyl/N-ethyl adjacent to an activating group) is 1. The van der Waals surface area contributed by atoms with Gasteiger partial charge in [-0.05, 0) is 38.1 Å². The molecule has 0 radical (unpaired) electrons. The molecule has 0 saturated heterocycles. The summed E-state index contributed by atoms with van der Waals surface area (Å²) in [5, 5.41) is 2.34. The quantitative estimate of drug-likeness (QED) is 0.594. The lowest BCUT2D eigenvalue weighted by molar-refractivity contribution is -0.150. The van der Waals surface area contributed by atoms with Gasteiger partial charge in [0.2, 0.25) is 10.0 Å². The molecule has 9 nitrogen and oxygen atoms in total. The number of hydrogen-bond acceptors (Lipinski definition) is 6. The van der Waals surface area contributed by atoms with E-state index >= 15 is 0 Å². The highest BCUT2D eigenvalue weighted by Gasteiger charge is 2.16. The molecule has 0 aliphatic heterocycles. The topological polar surface area (TPSA) is 122 Å². The summed E-state index contributed by atoms with van der Waals surface area (Å²) < 4.78 is 31.2. The van der Waals surface area contributed by atoms with Crippen LogP contribution < -0.4 is 10.0 Å². The first-order valence-corrected chi connectivity index (χ1v) is 9.27. The summed E-state index contributed by atoms with van der Waals surface area (Å²) in [6.45, 7) is 2.58. The van der Waals surface area contributed by atoms with E-state index in [-0.39, 0.29) is 22.4 Å². The van der Waals surface area contributed by atoms with E-state index < -0.39 is 35.1 Å². The van der Waals surface area contributed by atoms with Crippen LogP contribution in [0.2, 0.25) is 0 Å². The number of rotatable bonds is 8. The summed E-state index contributed by atoms with van der Waals surface area (Å²) in [6, 6.07) is 5.02. The molecule has 0 aromatic heterocycles. The zero-order valence-electron chi connectivity index (χ0n) is 15.1. The zero-order chi connectivity index (χ0) is 19.9. The van der Waals surface area contributed by atoms with Gasteiger partial charge in [-0.3, -0.25) is 14.4 Å². The van der Waals surface area contributed by atoms with Crippen LogP contribution >= 0.6 is 0 Å². The third-order valence-electron chi connectivity index (χ3n) is 3.07. The average molecular weight is 385 g/mol. The van der Waals surface area contributed by atoms with Crippen LogP contribution in [-0.4, -0.2) is 64.4 Å². The maximum Gasteiger partial charge on any atom is 0.325 e. The normalized spacial score (nSPS) is 11.1. The standard InChI is InChI=1S/C16H23N3O6S/c1-11(2)18-26(23,24)13-7-5-12(6-8-13)16(22)17-9-15(21)25-10-14(20)19(3)4/h5-8,11,18H,9-10H2,1-4H3,(H,17,22). The van der Waals surface area contributed by atoms with Crippen molar-refractivity contribution in [2.75, 3.05) is 27.2 Å². The summed E-state index contributed by atoms with van der Waals surface area (Å²) in [5.41, 5.74) is 0.186. The Balaban J connectivity index is 2.58. The van der Waals surface area contributed by atoms with E-state index in [0.29, 0.717) is 0 Å². The molecule has 0 heterocycles. The van der Waals surface area contributed by atoms with E-state index in [0.717, 1.165) is 0 Å². The summed E-state index contributed by atoms with van der Waals surface area (Å²) >= 11 is 0. The number of carbonyl (C=O) groups excluding carboxylic acids is 3. The Kier molecular flexibility index (Phi) is 7.72. The zero-order valence-corrected chi connectivity index (χ0v) is 15.9. The predicted octanol–water partition coefficient (Wildman–Crippen LogP) is -0.265. The van der Waals surface area contributed by atoms with Gasteiger partial charge in [0.05, 0.1) is 4.90 Å². The van der Waals surface area contributed by atoms with Crippen molar-refractivity contribution in [3.63, 3.8) is 0 Å². The van der Waals surface area contributed by atoms with Gasteiger partial charge in [0.25, 0.3) is 11.8 Å². The van der Waals surface area contributed by atoms with Crippen LogP contribution in [0.5, 0.6) is 0 Å². The van der Waals surface area contributed by atoms with Crippen molar-refractivity contribution in [2.45, 2.75) is 24.8 Å². The lowest BCUT2D eigenvalue weighted by Crippen LogP contribution is -2.33. The first-order chi connectivity index (χ1) is 12.0. The van der Waals surface area contributed by atoms with E-state index in [2.05, 4.69) is 10.0 Å². The largest absolute Gasteiger partial charge is 0.454 e. The number of nitrogens with zero attached hydrogens (tertiary/aromatic N) is 1. The van der Waals surface area contributed by atoms with Gasteiger partial charge in [0.15, 0.2) is 6.61 Å². The number of benzene rings is 1. The molecule has 0 spiro atoms. The molecule has 0 fully saturated rings. The molecule has 10 heteroatoms. The molecule has 144 valence electrons. The fourth-order valence-corrected chi connectivity index (χ4v) is 2.99. The molecule has 0 atom stereocenters. The molecular weight excluding hydrogens is 362 g/mol. The minimum Gasteiger partial charge on any atom is -0.454 e. The highest BCUT2D eigenvalue weighted by molar-refractivity contribution is 7.89. The molecule has 0 unspecified atom stereocenters. The smallest absolute Gasteiger partial charge is 0.325 e. The molecule has 1 aromatic rings. The number of hydrogen-bond donors (Lipinski definition) is 2. The van der Waals surface area contributed by atoms with Crippen molar-refractivity contribution < 1.29 is 27.5 Å². The third-order valence-corrected chi connectivity index (χ3v) is 4.74. The van der Waals surface area contributed by atoms with Crippen molar-refractivity contribution in [1.82, 2.24) is 14.9 Å². The van der Waals surface area contributed by atoms with Gasteiger partial charge in [0, 0.05) is 25.7 Å². The van der Waals surface area contributed by atoms with E-state index in [1.54, 1.807) is 13.8 Å². The first-order valence-electron chi connectivity index (χ1n) is 7.79. The SMILES string of the molecule is CC(C)NS(=O)(=O)c1ccc(C(=O)NCC(=O)OCC(=O)N(C)C)cc1. The molecule has 0 bridgehead atoms. The molecule has 0 aliphatic rings. The monoisotopic (exact) mass is 385 g/mol. The fourth-order valence-electron chi connectivity index (χ4n) is 1.74. The molecule has 0 saturated carbocycles. The van der Waals surface area contributed by atoms with Crippen LogP contribution in [0, 0.1) is 0 Å². The highest BCUT2D eigenvalue weighted by atomic mass is 32.2.